The highest BCUT2D eigenvalue weighted by Gasteiger charge is 2.30. The number of nitrogens with zero attached hydrogens (tertiary/aromatic N) is 2. The molecule has 0 N–H and O–H groups in total. The standard InChI is InChI=1S/C13H7Cl4FN2O/c1-6-9(14)10(20-12(19-6)13(15,16)17)11(21)7-4-2-3-5-8(7)18/h2-5H,1H3. The third-order valence-electron chi connectivity index (χ3n) is 2.60. The molecule has 0 aliphatic heterocycles. The number of rotatable bonds is 2. The minimum atomic E-state index is -1.92. The number of aryl methyl sites for hydroxylation is 1. The summed E-state index contributed by atoms with van der Waals surface area (Å²) < 4.78 is 11.8. The van der Waals surface area contributed by atoms with Crippen LogP contribution in [0.15, 0.2) is 24.3 Å². The number of alkyl halides is 3. The van der Waals surface area contributed by atoms with Crippen molar-refractivity contribution >= 4 is 52.2 Å². The fraction of sp³-hybridized carbons (Fsp3) is 0.154. The lowest BCUT2D eigenvalue weighted by atomic mass is 10.1. The molecule has 8 heteroatoms. The zero-order chi connectivity index (χ0) is 15.8. The maximum absolute atomic E-state index is 13.7. The van der Waals surface area contributed by atoms with Crippen LogP contribution in [0.5, 0.6) is 0 Å². The van der Waals surface area contributed by atoms with Crippen molar-refractivity contribution in [1.29, 1.82) is 0 Å². The fourth-order valence-corrected chi connectivity index (χ4v) is 2.03. The Bertz CT molecular complexity index is 716. The molecule has 21 heavy (non-hydrogen) atoms. The Morgan fingerprint density at radius 3 is 2.38 bits per heavy atom. The maximum atomic E-state index is 13.7. The lowest BCUT2D eigenvalue weighted by Crippen LogP contribution is -2.15. The highest BCUT2D eigenvalue weighted by molar-refractivity contribution is 6.66. The van der Waals surface area contributed by atoms with Crippen LogP contribution in [0.25, 0.3) is 0 Å². The SMILES string of the molecule is Cc1nc(C(Cl)(Cl)Cl)nc(C(=O)c2ccccc2F)c1Cl. The number of carbonyl (C=O) groups is 1. The van der Waals surface area contributed by atoms with Gasteiger partial charge >= 0.3 is 0 Å². The highest BCUT2D eigenvalue weighted by atomic mass is 35.6. The summed E-state index contributed by atoms with van der Waals surface area (Å²) in [6.07, 6.45) is 0. The van der Waals surface area contributed by atoms with Crippen LogP contribution in [0.3, 0.4) is 0 Å². The van der Waals surface area contributed by atoms with E-state index >= 15 is 0 Å². The van der Waals surface area contributed by atoms with Crippen molar-refractivity contribution in [2.75, 3.05) is 0 Å². The first kappa shape index (κ1) is 16.4. The zero-order valence-electron chi connectivity index (χ0n) is 10.5. The number of hydrogen-bond donors (Lipinski definition) is 0. The molecule has 1 heterocycles. The molecule has 0 fully saturated rings. The Hall–Kier alpha value is -0.940. The van der Waals surface area contributed by atoms with Crippen molar-refractivity contribution in [3.8, 4) is 0 Å². The van der Waals surface area contributed by atoms with E-state index in [4.69, 9.17) is 46.4 Å². The second-order valence-electron chi connectivity index (χ2n) is 4.10. The van der Waals surface area contributed by atoms with Crippen LogP contribution in [-0.2, 0) is 3.79 Å². The van der Waals surface area contributed by atoms with Gasteiger partial charge in [0.1, 0.15) is 11.5 Å². The monoisotopic (exact) mass is 366 g/mol. The number of halogens is 5. The summed E-state index contributed by atoms with van der Waals surface area (Å²) in [7, 11) is 0. The third kappa shape index (κ3) is 3.46. The van der Waals surface area contributed by atoms with E-state index < -0.39 is 15.4 Å². The van der Waals surface area contributed by atoms with Crippen molar-refractivity contribution in [3.05, 3.63) is 57.9 Å². The molecule has 0 spiro atoms. The molecule has 0 unspecified atom stereocenters. The van der Waals surface area contributed by atoms with Crippen LogP contribution in [0.2, 0.25) is 5.02 Å². The molecule has 2 aromatic rings. The first-order chi connectivity index (χ1) is 9.71. The van der Waals surface area contributed by atoms with E-state index in [0.717, 1.165) is 6.07 Å². The van der Waals surface area contributed by atoms with Gasteiger partial charge in [0.05, 0.1) is 16.3 Å². The summed E-state index contributed by atoms with van der Waals surface area (Å²) in [5, 5.41) is -0.0127. The summed E-state index contributed by atoms with van der Waals surface area (Å²) in [5.74, 6) is -1.60. The molecular weight excluding hydrogens is 361 g/mol. The number of aromatic nitrogens is 2. The van der Waals surface area contributed by atoms with Crippen LogP contribution in [0.4, 0.5) is 4.39 Å². The van der Waals surface area contributed by atoms with Gasteiger partial charge in [-0.1, -0.05) is 58.5 Å². The van der Waals surface area contributed by atoms with Gasteiger partial charge in [-0.25, -0.2) is 14.4 Å². The van der Waals surface area contributed by atoms with Crippen molar-refractivity contribution in [1.82, 2.24) is 9.97 Å². The van der Waals surface area contributed by atoms with Gasteiger partial charge in [0.2, 0.25) is 9.58 Å². The van der Waals surface area contributed by atoms with Crippen molar-refractivity contribution < 1.29 is 9.18 Å². The second kappa shape index (κ2) is 6.05. The predicted molar refractivity (Wildman–Crippen MR) is 80.8 cm³/mol. The number of hydrogen-bond acceptors (Lipinski definition) is 3. The number of benzene rings is 1. The number of carbonyl (C=O) groups excluding carboxylic acids is 1. The Morgan fingerprint density at radius 2 is 1.81 bits per heavy atom. The van der Waals surface area contributed by atoms with Crippen LogP contribution in [0.1, 0.15) is 27.6 Å². The first-order valence-corrected chi connectivity index (χ1v) is 7.13. The minimum Gasteiger partial charge on any atom is -0.287 e. The van der Waals surface area contributed by atoms with E-state index in [9.17, 15) is 9.18 Å². The highest BCUT2D eigenvalue weighted by Crippen LogP contribution is 2.37. The molecule has 0 saturated heterocycles. The molecule has 0 aliphatic rings. The predicted octanol–water partition coefficient (Wildman–Crippen LogP) is 4.64. The summed E-state index contributed by atoms with van der Waals surface area (Å²) in [6.45, 7) is 1.53. The van der Waals surface area contributed by atoms with Gasteiger partial charge in [-0.3, -0.25) is 4.79 Å². The average Bonchev–Trinajstić information content (AvgIpc) is 2.40. The maximum Gasteiger partial charge on any atom is 0.250 e. The van der Waals surface area contributed by atoms with Crippen molar-refractivity contribution in [3.63, 3.8) is 0 Å². The van der Waals surface area contributed by atoms with Crippen LogP contribution < -0.4 is 0 Å². The normalized spacial score (nSPS) is 11.5. The molecule has 0 saturated carbocycles. The van der Waals surface area contributed by atoms with Gasteiger partial charge in [0.15, 0.2) is 5.82 Å². The second-order valence-corrected chi connectivity index (χ2v) is 6.76. The summed E-state index contributed by atoms with van der Waals surface area (Å²) in [4.78, 5) is 20.2. The summed E-state index contributed by atoms with van der Waals surface area (Å²) in [5.41, 5.74) is -0.129. The van der Waals surface area contributed by atoms with E-state index in [1.165, 1.54) is 25.1 Å². The molecule has 0 amide bonds. The van der Waals surface area contributed by atoms with Gasteiger partial charge in [-0.15, -0.1) is 0 Å². The van der Waals surface area contributed by atoms with Gasteiger partial charge in [0.25, 0.3) is 0 Å². The van der Waals surface area contributed by atoms with E-state index in [1.54, 1.807) is 0 Å². The quantitative estimate of drug-likeness (QED) is 0.573. The zero-order valence-corrected chi connectivity index (χ0v) is 13.5. The summed E-state index contributed by atoms with van der Waals surface area (Å²) >= 11 is 23.2. The fourth-order valence-electron chi connectivity index (χ4n) is 1.61. The van der Waals surface area contributed by atoms with Gasteiger partial charge in [0, 0.05) is 0 Å². The molecule has 110 valence electrons. The van der Waals surface area contributed by atoms with E-state index in [1.807, 2.05) is 0 Å². The molecule has 2 rings (SSSR count). The van der Waals surface area contributed by atoms with Gasteiger partial charge < -0.3 is 0 Å². The number of ketones is 1. The topological polar surface area (TPSA) is 42.9 Å². The van der Waals surface area contributed by atoms with Crippen LogP contribution >= 0.6 is 46.4 Å². The smallest absolute Gasteiger partial charge is 0.250 e. The molecule has 1 aromatic carbocycles. The van der Waals surface area contributed by atoms with E-state index in [0.29, 0.717) is 0 Å². The average molecular weight is 368 g/mol. The van der Waals surface area contributed by atoms with E-state index in [2.05, 4.69) is 9.97 Å². The summed E-state index contributed by atoms with van der Waals surface area (Å²) in [6, 6.07) is 5.46. The Balaban J connectivity index is 2.61. The van der Waals surface area contributed by atoms with Crippen LogP contribution in [-0.4, -0.2) is 15.8 Å². The van der Waals surface area contributed by atoms with Crippen molar-refractivity contribution in [2.24, 2.45) is 0 Å². The Labute approximate surface area is 140 Å². The van der Waals surface area contributed by atoms with Gasteiger partial charge in [-0.2, -0.15) is 0 Å². The third-order valence-corrected chi connectivity index (χ3v) is 3.56. The van der Waals surface area contributed by atoms with Gasteiger partial charge in [-0.05, 0) is 19.1 Å². The largest absolute Gasteiger partial charge is 0.287 e. The molecule has 1 aromatic heterocycles. The molecule has 0 bridgehead atoms. The molecule has 0 radical (unpaired) electrons. The lowest BCUT2D eigenvalue weighted by molar-refractivity contribution is 0.103. The molecular formula is C13H7Cl4FN2O. The van der Waals surface area contributed by atoms with Crippen molar-refractivity contribution in [2.45, 2.75) is 10.7 Å². The molecule has 3 nitrogen and oxygen atoms in total. The van der Waals surface area contributed by atoms with E-state index in [-0.39, 0.29) is 27.8 Å². The molecule has 0 aliphatic carbocycles. The Kier molecular flexibility index (Phi) is 4.73. The lowest BCUT2D eigenvalue weighted by Gasteiger charge is -2.13. The molecule has 0 atom stereocenters. The first-order valence-electron chi connectivity index (χ1n) is 5.62. The van der Waals surface area contributed by atoms with Crippen LogP contribution in [0, 0.1) is 12.7 Å². The minimum absolute atomic E-state index is 0.0127. The Morgan fingerprint density at radius 1 is 1.19 bits per heavy atom.